The van der Waals surface area contributed by atoms with Crippen LogP contribution in [0.25, 0.3) is 0 Å². The fourth-order valence-electron chi connectivity index (χ4n) is 2.22. The predicted octanol–water partition coefficient (Wildman–Crippen LogP) is 2.59. The van der Waals surface area contributed by atoms with E-state index in [0.717, 1.165) is 16.1 Å². The topological polar surface area (TPSA) is 58.2 Å². The van der Waals surface area contributed by atoms with Gasteiger partial charge in [0.25, 0.3) is 5.91 Å². The molecule has 5 heteroatoms. The summed E-state index contributed by atoms with van der Waals surface area (Å²) in [6.07, 6.45) is 0. The summed E-state index contributed by atoms with van der Waals surface area (Å²) in [6, 6.07) is 16.5. The SMILES string of the molecule is O=C(CSc1ccccc1)NC1C(=O)Nc2ccccc21. The van der Waals surface area contributed by atoms with Crippen molar-refractivity contribution in [2.75, 3.05) is 11.1 Å². The third kappa shape index (κ3) is 3.08. The van der Waals surface area contributed by atoms with Gasteiger partial charge in [-0.2, -0.15) is 0 Å². The summed E-state index contributed by atoms with van der Waals surface area (Å²) >= 11 is 1.45. The second-order valence-electron chi connectivity index (χ2n) is 4.68. The van der Waals surface area contributed by atoms with E-state index in [1.807, 2.05) is 54.6 Å². The minimum atomic E-state index is -0.593. The zero-order chi connectivity index (χ0) is 14.7. The lowest BCUT2D eigenvalue weighted by Gasteiger charge is -2.11. The summed E-state index contributed by atoms with van der Waals surface area (Å²) in [5.74, 6) is -0.0503. The van der Waals surface area contributed by atoms with Crippen LogP contribution in [0.3, 0.4) is 0 Å². The highest BCUT2D eigenvalue weighted by molar-refractivity contribution is 8.00. The van der Waals surface area contributed by atoms with Crippen molar-refractivity contribution in [2.24, 2.45) is 0 Å². The minimum absolute atomic E-state index is 0.152. The summed E-state index contributed by atoms with van der Waals surface area (Å²) in [5.41, 5.74) is 1.59. The molecule has 4 nitrogen and oxygen atoms in total. The highest BCUT2D eigenvalue weighted by atomic mass is 32.2. The molecule has 2 aromatic carbocycles. The van der Waals surface area contributed by atoms with Crippen LogP contribution in [-0.4, -0.2) is 17.6 Å². The van der Waals surface area contributed by atoms with Gasteiger partial charge in [0, 0.05) is 16.1 Å². The number of hydrogen-bond donors (Lipinski definition) is 2. The molecule has 2 aromatic rings. The number of nitrogens with one attached hydrogen (secondary N) is 2. The molecule has 0 radical (unpaired) electrons. The molecule has 0 bridgehead atoms. The Morgan fingerprint density at radius 3 is 2.62 bits per heavy atom. The van der Waals surface area contributed by atoms with Crippen molar-refractivity contribution < 1.29 is 9.59 Å². The first kappa shape index (κ1) is 13.7. The average molecular weight is 298 g/mol. The van der Waals surface area contributed by atoms with Crippen LogP contribution in [0.4, 0.5) is 5.69 Å². The molecule has 2 N–H and O–H groups in total. The molecule has 0 saturated carbocycles. The van der Waals surface area contributed by atoms with Crippen molar-refractivity contribution in [1.29, 1.82) is 0 Å². The highest BCUT2D eigenvalue weighted by Crippen LogP contribution is 2.30. The zero-order valence-corrected chi connectivity index (χ0v) is 12.0. The molecule has 0 fully saturated rings. The molecule has 0 aromatic heterocycles. The van der Waals surface area contributed by atoms with Crippen molar-refractivity contribution in [3.8, 4) is 0 Å². The Hall–Kier alpha value is -2.27. The lowest BCUT2D eigenvalue weighted by molar-refractivity contribution is -0.124. The normalized spacial score (nSPS) is 16.2. The third-order valence-corrected chi connectivity index (χ3v) is 4.22. The Bertz CT molecular complexity index is 673. The van der Waals surface area contributed by atoms with Crippen molar-refractivity contribution in [2.45, 2.75) is 10.9 Å². The van der Waals surface area contributed by atoms with Gasteiger partial charge < -0.3 is 10.6 Å². The maximum atomic E-state index is 12.0. The molecule has 1 aliphatic rings. The molecule has 2 amide bonds. The largest absolute Gasteiger partial charge is 0.340 e. The quantitative estimate of drug-likeness (QED) is 0.853. The number of fused-ring (bicyclic) bond motifs is 1. The van der Waals surface area contributed by atoms with Crippen molar-refractivity contribution in [1.82, 2.24) is 5.32 Å². The van der Waals surface area contributed by atoms with Crippen LogP contribution in [0.5, 0.6) is 0 Å². The lowest BCUT2D eigenvalue weighted by Crippen LogP contribution is -2.33. The van der Waals surface area contributed by atoms with Crippen LogP contribution in [0.15, 0.2) is 59.5 Å². The third-order valence-electron chi connectivity index (χ3n) is 3.21. The summed E-state index contributed by atoms with van der Waals surface area (Å²) in [4.78, 5) is 25.0. The van der Waals surface area contributed by atoms with Gasteiger partial charge in [-0.1, -0.05) is 36.4 Å². The van der Waals surface area contributed by atoms with Gasteiger partial charge in [0.15, 0.2) is 0 Å². The van der Waals surface area contributed by atoms with Crippen LogP contribution in [0.1, 0.15) is 11.6 Å². The van der Waals surface area contributed by atoms with E-state index in [-0.39, 0.29) is 17.6 Å². The van der Waals surface area contributed by atoms with E-state index in [1.165, 1.54) is 11.8 Å². The van der Waals surface area contributed by atoms with Crippen LogP contribution < -0.4 is 10.6 Å². The molecule has 1 unspecified atom stereocenters. The van der Waals surface area contributed by atoms with E-state index in [1.54, 1.807) is 0 Å². The summed E-state index contributed by atoms with van der Waals surface area (Å²) < 4.78 is 0. The van der Waals surface area contributed by atoms with Gasteiger partial charge in [-0.3, -0.25) is 9.59 Å². The number of anilines is 1. The first-order valence-corrected chi connectivity index (χ1v) is 7.59. The summed E-state index contributed by atoms with van der Waals surface area (Å²) in [7, 11) is 0. The predicted molar refractivity (Wildman–Crippen MR) is 83.1 cm³/mol. The van der Waals surface area contributed by atoms with E-state index in [9.17, 15) is 9.59 Å². The van der Waals surface area contributed by atoms with E-state index in [2.05, 4.69) is 10.6 Å². The highest BCUT2D eigenvalue weighted by Gasteiger charge is 2.31. The molecule has 106 valence electrons. The standard InChI is InChI=1S/C16H14N2O2S/c19-14(10-21-11-6-2-1-3-7-11)18-15-12-8-4-5-9-13(12)17-16(15)20/h1-9,15H,10H2,(H,17,20)(H,18,19). The number of thioether (sulfide) groups is 1. The van der Waals surface area contributed by atoms with Gasteiger partial charge >= 0.3 is 0 Å². The number of carbonyl (C=O) groups is 2. The fourth-order valence-corrected chi connectivity index (χ4v) is 2.95. The Morgan fingerprint density at radius 2 is 1.81 bits per heavy atom. The van der Waals surface area contributed by atoms with Crippen LogP contribution in [0.2, 0.25) is 0 Å². The summed E-state index contributed by atoms with van der Waals surface area (Å²) in [5, 5.41) is 5.55. The molecule has 3 rings (SSSR count). The zero-order valence-electron chi connectivity index (χ0n) is 11.2. The van der Waals surface area contributed by atoms with E-state index < -0.39 is 6.04 Å². The number of benzene rings is 2. The Morgan fingerprint density at radius 1 is 1.10 bits per heavy atom. The first-order valence-electron chi connectivity index (χ1n) is 6.61. The average Bonchev–Trinajstić information content (AvgIpc) is 2.82. The van der Waals surface area contributed by atoms with Crippen LogP contribution in [0, 0.1) is 0 Å². The minimum Gasteiger partial charge on any atom is -0.340 e. The molecule has 0 saturated heterocycles. The van der Waals surface area contributed by atoms with Gasteiger partial charge in [-0.25, -0.2) is 0 Å². The van der Waals surface area contributed by atoms with Gasteiger partial charge in [0.1, 0.15) is 6.04 Å². The Kier molecular flexibility index (Phi) is 3.92. The second-order valence-corrected chi connectivity index (χ2v) is 5.73. The molecule has 21 heavy (non-hydrogen) atoms. The number of amides is 2. The monoisotopic (exact) mass is 298 g/mol. The smallest absolute Gasteiger partial charge is 0.251 e. The molecule has 1 heterocycles. The Balaban J connectivity index is 1.62. The Labute approximate surface area is 126 Å². The van der Waals surface area contributed by atoms with E-state index in [0.29, 0.717) is 0 Å². The maximum absolute atomic E-state index is 12.0. The molecular formula is C16H14N2O2S. The fraction of sp³-hybridized carbons (Fsp3) is 0.125. The molecule has 1 aliphatic heterocycles. The lowest BCUT2D eigenvalue weighted by atomic mass is 10.1. The van der Waals surface area contributed by atoms with Crippen LogP contribution in [-0.2, 0) is 9.59 Å². The number of para-hydroxylation sites is 1. The number of rotatable bonds is 4. The molecular weight excluding hydrogens is 284 g/mol. The van der Waals surface area contributed by atoms with Gasteiger partial charge in [-0.05, 0) is 18.2 Å². The van der Waals surface area contributed by atoms with Gasteiger partial charge in [0.2, 0.25) is 5.91 Å². The van der Waals surface area contributed by atoms with Crippen molar-refractivity contribution in [3.05, 3.63) is 60.2 Å². The molecule has 1 atom stereocenters. The van der Waals surface area contributed by atoms with Crippen molar-refractivity contribution >= 4 is 29.3 Å². The molecule has 0 spiro atoms. The summed E-state index contributed by atoms with van der Waals surface area (Å²) in [6.45, 7) is 0. The van der Waals surface area contributed by atoms with Gasteiger partial charge in [-0.15, -0.1) is 11.8 Å². The second kappa shape index (κ2) is 6.01. The first-order chi connectivity index (χ1) is 10.2. The number of carbonyl (C=O) groups excluding carboxylic acids is 2. The maximum Gasteiger partial charge on any atom is 0.251 e. The van der Waals surface area contributed by atoms with E-state index >= 15 is 0 Å². The molecule has 0 aliphatic carbocycles. The van der Waals surface area contributed by atoms with E-state index in [4.69, 9.17) is 0 Å². The van der Waals surface area contributed by atoms with Crippen molar-refractivity contribution in [3.63, 3.8) is 0 Å². The van der Waals surface area contributed by atoms with Gasteiger partial charge in [0.05, 0.1) is 5.75 Å². The number of hydrogen-bond acceptors (Lipinski definition) is 3. The van der Waals surface area contributed by atoms with Crippen LogP contribution >= 0.6 is 11.8 Å².